The Balaban J connectivity index is 2.67. The zero-order valence-electron chi connectivity index (χ0n) is 9.75. The van der Waals surface area contributed by atoms with Crippen LogP contribution in [0.3, 0.4) is 0 Å². The van der Waals surface area contributed by atoms with Crippen LogP contribution in [0.4, 0.5) is 0 Å². The normalized spacial score (nSPS) is 16.1. The molecule has 0 unspecified atom stereocenters. The van der Waals surface area contributed by atoms with Crippen LogP contribution in [0, 0.1) is 16.7 Å². The Labute approximate surface area is 95.4 Å². The van der Waals surface area contributed by atoms with E-state index in [-0.39, 0.29) is 18.4 Å². The summed E-state index contributed by atoms with van der Waals surface area (Å²) in [5.41, 5.74) is -0.830. The molecule has 2 amide bonds. The number of nitriles is 1. The third-order valence-corrected chi connectivity index (χ3v) is 2.77. The van der Waals surface area contributed by atoms with Gasteiger partial charge in [-0.1, -0.05) is 6.92 Å². The van der Waals surface area contributed by atoms with Gasteiger partial charge >= 0.3 is 0 Å². The van der Waals surface area contributed by atoms with Crippen molar-refractivity contribution in [3.63, 3.8) is 0 Å². The van der Waals surface area contributed by atoms with Crippen molar-refractivity contribution in [3.8, 4) is 6.07 Å². The second kappa shape index (κ2) is 4.97. The lowest BCUT2D eigenvalue weighted by Crippen LogP contribution is -2.43. The third kappa shape index (κ3) is 2.51. The fourth-order valence-corrected chi connectivity index (χ4v) is 1.58. The van der Waals surface area contributed by atoms with Crippen molar-refractivity contribution in [2.24, 2.45) is 5.41 Å². The van der Waals surface area contributed by atoms with E-state index in [4.69, 9.17) is 5.26 Å². The van der Waals surface area contributed by atoms with E-state index >= 15 is 0 Å². The molecule has 0 aromatic heterocycles. The van der Waals surface area contributed by atoms with Gasteiger partial charge in [-0.05, 0) is 19.3 Å². The first-order chi connectivity index (χ1) is 7.59. The van der Waals surface area contributed by atoms with Crippen molar-refractivity contribution in [3.05, 3.63) is 0 Å². The van der Waals surface area contributed by atoms with Crippen molar-refractivity contribution < 1.29 is 9.59 Å². The van der Waals surface area contributed by atoms with Gasteiger partial charge in [0.1, 0.15) is 5.41 Å². The van der Waals surface area contributed by atoms with Crippen molar-refractivity contribution in [1.82, 2.24) is 10.2 Å². The number of nitrogens with zero attached hydrogens (tertiary/aromatic N) is 2. The summed E-state index contributed by atoms with van der Waals surface area (Å²) < 4.78 is 0. The van der Waals surface area contributed by atoms with Crippen LogP contribution in [0.15, 0.2) is 0 Å². The van der Waals surface area contributed by atoms with E-state index in [1.54, 1.807) is 0 Å². The summed E-state index contributed by atoms with van der Waals surface area (Å²) in [5.74, 6) is -0.393. The number of hydrogen-bond acceptors (Lipinski definition) is 3. The topological polar surface area (TPSA) is 73.2 Å². The van der Waals surface area contributed by atoms with Crippen LogP contribution in [-0.4, -0.2) is 36.9 Å². The van der Waals surface area contributed by atoms with E-state index < -0.39 is 5.41 Å². The summed E-state index contributed by atoms with van der Waals surface area (Å²) in [6.45, 7) is 2.51. The largest absolute Gasteiger partial charge is 0.358 e. The highest BCUT2D eigenvalue weighted by atomic mass is 16.2. The number of rotatable bonds is 5. The summed E-state index contributed by atoms with van der Waals surface area (Å²) >= 11 is 0. The van der Waals surface area contributed by atoms with Gasteiger partial charge in [0.2, 0.25) is 11.8 Å². The van der Waals surface area contributed by atoms with Crippen molar-refractivity contribution >= 4 is 11.8 Å². The molecule has 1 fully saturated rings. The molecule has 0 radical (unpaired) electrons. The molecule has 1 aliphatic rings. The number of likely N-dealkylation sites (N-methyl/N-ethyl adjacent to an activating group) is 1. The Morgan fingerprint density at radius 2 is 2.12 bits per heavy atom. The molecule has 1 aliphatic carbocycles. The molecule has 1 saturated carbocycles. The highest BCUT2D eigenvalue weighted by Crippen LogP contribution is 2.46. The summed E-state index contributed by atoms with van der Waals surface area (Å²) in [6.07, 6.45) is 2.02. The molecule has 0 aromatic rings. The minimum Gasteiger partial charge on any atom is -0.358 e. The molecule has 0 saturated heterocycles. The van der Waals surface area contributed by atoms with Crippen molar-refractivity contribution in [1.29, 1.82) is 5.26 Å². The van der Waals surface area contributed by atoms with Crippen LogP contribution >= 0.6 is 0 Å². The predicted molar refractivity (Wildman–Crippen MR) is 58.2 cm³/mol. The maximum absolute atomic E-state index is 12.0. The van der Waals surface area contributed by atoms with Gasteiger partial charge < -0.3 is 10.2 Å². The molecule has 0 spiro atoms. The number of nitrogens with one attached hydrogen (secondary N) is 1. The van der Waals surface area contributed by atoms with Crippen LogP contribution in [0.2, 0.25) is 0 Å². The maximum Gasteiger partial charge on any atom is 0.243 e. The van der Waals surface area contributed by atoms with Gasteiger partial charge in [-0.3, -0.25) is 9.59 Å². The first-order valence-electron chi connectivity index (χ1n) is 5.51. The van der Waals surface area contributed by atoms with E-state index in [0.717, 1.165) is 6.42 Å². The van der Waals surface area contributed by atoms with Crippen LogP contribution < -0.4 is 5.32 Å². The molecule has 1 N–H and O–H groups in total. The Morgan fingerprint density at radius 3 is 2.50 bits per heavy atom. The van der Waals surface area contributed by atoms with Crippen LogP contribution in [0.25, 0.3) is 0 Å². The van der Waals surface area contributed by atoms with Gasteiger partial charge in [0, 0.05) is 13.6 Å². The lowest BCUT2D eigenvalue weighted by Gasteiger charge is -2.23. The smallest absolute Gasteiger partial charge is 0.243 e. The minimum atomic E-state index is -0.830. The van der Waals surface area contributed by atoms with Gasteiger partial charge in [-0.25, -0.2) is 0 Å². The summed E-state index contributed by atoms with van der Waals surface area (Å²) in [7, 11) is 1.54. The predicted octanol–water partition coefficient (Wildman–Crippen LogP) is 0.275. The first-order valence-corrected chi connectivity index (χ1v) is 5.51. The van der Waals surface area contributed by atoms with Gasteiger partial charge in [0.15, 0.2) is 0 Å². The molecule has 88 valence electrons. The second-order valence-corrected chi connectivity index (χ2v) is 4.09. The summed E-state index contributed by atoms with van der Waals surface area (Å²) in [4.78, 5) is 24.8. The zero-order chi connectivity index (χ0) is 12.2. The third-order valence-electron chi connectivity index (χ3n) is 2.77. The molecule has 0 atom stereocenters. The molecule has 0 bridgehead atoms. The van der Waals surface area contributed by atoms with Gasteiger partial charge in [-0.15, -0.1) is 0 Å². The Hall–Kier alpha value is -1.57. The van der Waals surface area contributed by atoms with E-state index in [9.17, 15) is 9.59 Å². The van der Waals surface area contributed by atoms with Gasteiger partial charge in [-0.2, -0.15) is 5.26 Å². The van der Waals surface area contributed by atoms with Crippen LogP contribution in [-0.2, 0) is 9.59 Å². The minimum absolute atomic E-state index is 0.0482. The lowest BCUT2D eigenvalue weighted by atomic mass is 10.1. The Bertz CT molecular complexity index is 329. The molecular weight excluding hydrogens is 206 g/mol. The SMILES string of the molecule is CCCN(CC(=O)NC)C(=O)C1(C#N)CC1. The second-order valence-electron chi connectivity index (χ2n) is 4.09. The molecule has 0 aromatic carbocycles. The Morgan fingerprint density at radius 1 is 1.50 bits per heavy atom. The number of amides is 2. The Kier molecular flexibility index (Phi) is 3.88. The number of hydrogen-bond donors (Lipinski definition) is 1. The molecule has 1 rings (SSSR count). The molecule has 16 heavy (non-hydrogen) atoms. The summed E-state index contributed by atoms with van der Waals surface area (Å²) in [5, 5.41) is 11.4. The molecule has 5 nitrogen and oxygen atoms in total. The first kappa shape index (κ1) is 12.5. The number of carbonyl (C=O) groups excluding carboxylic acids is 2. The van der Waals surface area contributed by atoms with Crippen molar-refractivity contribution in [2.75, 3.05) is 20.1 Å². The fourth-order valence-electron chi connectivity index (χ4n) is 1.58. The highest BCUT2D eigenvalue weighted by Gasteiger charge is 2.52. The highest BCUT2D eigenvalue weighted by molar-refractivity contribution is 5.91. The van der Waals surface area contributed by atoms with Gasteiger partial charge in [0.05, 0.1) is 12.6 Å². The quantitative estimate of drug-likeness (QED) is 0.727. The maximum atomic E-state index is 12.0. The van der Waals surface area contributed by atoms with Crippen LogP contribution in [0.5, 0.6) is 0 Å². The number of carbonyl (C=O) groups is 2. The van der Waals surface area contributed by atoms with E-state index in [2.05, 4.69) is 11.4 Å². The van der Waals surface area contributed by atoms with Crippen LogP contribution in [0.1, 0.15) is 26.2 Å². The van der Waals surface area contributed by atoms with E-state index in [1.807, 2.05) is 6.92 Å². The molecule has 5 heteroatoms. The monoisotopic (exact) mass is 223 g/mol. The van der Waals surface area contributed by atoms with E-state index in [1.165, 1.54) is 11.9 Å². The summed E-state index contributed by atoms with van der Waals surface area (Å²) in [6, 6.07) is 2.06. The van der Waals surface area contributed by atoms with E-state index in [0.29, 0.717) is 19.4 Å². The molecular formula is C11H17N3O2. The fraction of sp³-hybridized carbons (Fsp3) is 0.727. The average molecular weight is 223 g/mol. The zero-order valence-corrected chi connectivity index (χ0v) is 9.75. The van der Waals surface area contributed by atoms with Gasteiger partial charge in [0.25, 0.3) is 0 Å². The average Bonchev–Trinajstić information content (AvgIpc) is 3.08. The molecule has 0 aliphatic heterocycles. The molecule has 0 heterocycles. The lowest BCUT2D eigenvalue weighted by molar-refractivity contribution is -0.138. The standard InChI is InChI=1S/C11H17N3O2/c1-3-6-14(7-9(15)13-2)10(16)11(8-12)4-5-11/h3-7H2,1-2H3,(H,13,15). The van der Waals surface area contributed by atoms with Crippen molar-refractivity contribution in [2.45, 2.75) is 26.2 Å².